The first-order valence-corrected chi connectivity index (χ1v) is 10.6. The van der Waals surface area contributed by atoms with Gasteiger partial charge in [0.1, 0.15) is 0 Å². The molecule has 3 aromatic rings. The Labute approximate surface area is 159 Å². The van der Waals surface area contributed by atoms with Gasteiger partial charge in [-0.3, -0.25) is 0 Å². The number of hydrogen-bond acceptors (Lipinski definition) is 2. The number of para-hydroxylation sites is 1. The van der Waals surface area contributed by atoms with Gasteiger partial charge in [-0.1, -0.05) is 29.8 Å². The van der Waals surface area contributed by atoms with Gasteiger partial charge in [0.25, 0.3) is 0 Å². The van der Waals surface area contributed by atoms with Gasteiger partial charge < -0.3 is 4.57 Å². The predicted octanol–water partition coefficient (Wildman–Crippen LogP) is 4.40. The van der Waals surface area contributed by atoms with E-state index in [9.17, 15) is 8.42 Å². The number of hydrogen-bond donors (Lipinski definition) is 0. The van der Waals surface area contributed by atoms with Crippen molar-refractivity contribution in [1.29, 1.82) is 0 Å². The summed E-state index contributed by atoms with van der Waals surface area (Å²) in [5.41, 5.74) is 2.55. The maximum atomic E-state index is 12.8. The highest BCUT2D eigenvalue weighted by atomic mass is 35.5. The Balaban J connectivity index is 1.54. The minimum atomic E-state index is -3.45. The molecule has 1 aromatic heterocycles. The van der Waals surface area contributed by atoms with E-state index in [0.717, 1.165) is 12.8 Å². The zero-order valence-corrected chi connectivity index (χ0v) is 16.2. The molecule has 1 fully saturated rings. The fourth-order valence-corrected chi connectivity index (χ4v) is 5.46. The number of aromatic nitrogens is 1. The molecule has 0 radical (unpaired) electrons. The van der Waals surface area contributed by atoms with Crippen molar-refractivity contribution in [2.75, 3.05) is 13.1 Å². The second kappa shape index (κ2) is 6.72. The number of benzene rings is 2. The molecule has 0 amide bonds. The average Bonchev–Trinajstić information content (AvgIpc) is 2.99. The Morgan fingerprint density at radius 3 is 2.35 bits per heavy atom. The lowest BCUT2D eigenvalue weighted by Crippen LogP contribution is -2.37. The molecule has 4 nitrogen and oxygen atoms in total. The van der Waals surface area contributed by atoms with Gasteiger partial charge in [0, 0.05) is 42.3 Å². The molecule has 0 atom stereocenters. The molecule has 2 heterocycles. The lowest BCUT2D eigenvalue weighted by atomic mass is 9.90. The number of halogens is 1. The lowest BCUT2D eigenvalue weighted by Gasteiger charge is -2.31. The summed E-state index contributed by atoms with van der Waals surface area (Å²) >= 11 is 5.87. The van der Waals surface area contributed by atoms with Crippen molar-refractivity contribution in [3.05, 3.63) is 65.3 Å². The highest BCUT2D eigenvalue weighted by Crippen LogP contribution is 2.35. The van der Waals surface area contributed by atoms with Crippen LogP contribution in [0.5, 0.6) is 0 Å². The minimum Gasteiger partial charge on any atom is -0.350 e. The summed E-state index contributed by atoms with van der Waals surface area (Å²) in [6, 6.07) is 14.8. The first-order valence-electron chi connectivity index (χ1n) is 8.76. The van der Waals surface area contributed by atoms with Crippen LogP contribution in [0.2, 0.25) is 5.02 Å². The van der Waals surface area contributed by atoms with Crippen LogP contribution in [0.15, 0.2) is 59.6 Å². The lowest BCUT2D eigenvalue weighted by molar-refractivity contribution is 0.320. The molecule has 1 aliphatic heterocycles. The van der Waals surface area contributed by atoms with Crippen molar-refractivity contribution < 1.29 is 8.42 Å². The largest absolute Gasteiger partial charge is 0.350 e. The normalized spacial score (nSPS) is 17.0. The second-order valence-corrected chi connectivity index (χ2v) is 9.22. The third kappa shape index (κ3) is 3.04. The van der Waals surface area contributed by atoms with E-state index >= 15 is 0 Å². The molecule has 0 aliphatic carbocycles. The number of nitrogens with zero attached hydrogens (tertiary/aromatic N) is 2. The van der Waals surface area contributed by atoms with Gasteiger partial charge in [-0.2, -0.15) is 4.31 Å². The van der Waals surface area contributed by atoms with Crippen molar-refractivity contribution >= 4 is 32.5 Å². The van der Waals surface area contributed by atoms with Crippen molar-refractivity contribution in [1.82, 2.24) is 8.87 Å². The molecular formula is C20H21ClN2O2S. The third-order valence-electron chi connectivity index (χ3n) is 5.27. The van der Waals surface area contributed by atoms with E-state index in [1.807, 2.05) is 6.07 Å². The number of piperidine rings is 1. The smallest absolute Gasteiger partial charge is 0.243 e. The highest BCUT2D eigenvalue weighted by molar-refractivity contribution is 7.89. The molecule has 1 aliphatic rings. The highest BCUT2D eigenvalue weighted by Gasteiger charge is 2.30. The van der Waals surface area contributed by atoms with E-state index in [1.54, 1.807) is 28.6 Å². The summed E-state index contributed by atoms with van der Waals surface area (Å²) in [7, 11) is -1.39. The van der Waals surface area contributed by atoms with Crippen LogP contribution in [0.3, 0.4) is 0 Å². The molecule has 136 valence electrons. The molecule has 0 bridgehead atoms. The molecule has 2 aromatic carbocycles. The molecule has 26 heavy (non-hydrogen) atoms. The van der Waals surface area contributed by atoms with Gasteiger partial charge in [-0.25, -0.2) is 8.42 Å². The summed E-state index contributed by atoms with van der Waals surface area (Å²) in [5, 5.41) is 1.81. The summed E-state index contributed by atoms with van der Waals surface area (Å²) in [4.78, 5) is 0.311. The summed E-state index contributed by atoms with van der Waals surface area (Å²) in [6.07, 6.45) is 3.86. The van der Waals surface area contributed by atoms with Crippen LogP contribution in [0.4, 0.5) is 0 Å². The maximum absolute atomic E-state index is 12.8. The second-order valence-electron chi connectivity index (χ2n) is 6.84. The number of sulfonamides is 1. The topological polar surface area (TPSA) is 42.3 Å². The molecular weight excluding hydrogens is 368 g/mol. The van der Waals surface area contributed by atoms with E-state index < -0.39 is 10.0 Å². The van der Waals surface area contributed by atoms with Gasteiger partial charge in [-0.05, 0) is 54.7 Å². The standard InChI is InChI=1S/C20H21ClN2O2S/c1-22-14-19(18-4-2-3-5-20(18)22)15-10-12-23(13-11-15)26(24,25)17-8-6-16(21)7-9-17/h2-9,14-15H,10-13H2,1H3. The van der Waals surface area contributed by atoms with Crippen molar-refractivity contribution in [3.63, 3.8) is 0 Å². The Bertz CT molecular complexity index is 1030. The zero-order valence-electron chi connectivity index (χ0n) is 14.6. The van der Waals surface area contributed by atoms with E-state index in [2.05, 4.69) is 36.0 Å². The Morgan fingerprint density at radius 2 is 1.65 bits per heavy atom. The van der Waals surface area contributed by atoms with Crippen LogP contribution in [0.25, 0.3) is 10.9 Å². The fraction of sp³-hybridized carbons (Fsp3) is 0.300. The number of fused-ring (bicyclic) bond motifs is 1. The Morgan fingerprint density at radius 1 is 1.00 bits per heavy atom. The molecule has 4 rings (SSSR count). The average molecular weight is 389 g/mol. The molecule has 1 saturated heterocycles. The predicted molar refractivity (Wildman–Crippen MR) is 105 cm³/mol. The van der Waals surface area contributed by atoms with E-state index in [0.29, 0.717) is 28.9 Å². The first-order chi connectivity index (χ1) is 12.5. The minimum absolute atomic E-state index is 0.311. The van der Waals surface area contributed by atoms with Crippen molar-refractivity contribution in [2.45, 2.75) is 23.7 Å². The maximum Gasteiger partial charge on any atom is 0.243 e. The van der Waals surface area contributed by atoms with Crippen LogP contribution >= 0.6 is 11.6 Å². The monoisotopic (exact) mass is 388 g/mol. The van der Waals surface area contributed by atoms with Crippen LogP contribution in [-0.4, -0.2) is 30.4 Å². The van der Waals surface area contributed by atoms with Crippen LogP contribution in [0.1, 0.15) is 24.3 Å². The van der Waals surface area contributed by atoms with Gasteiger partial charge in [0.15, 0.2) is 0 Å². The summed E-state index contributed by atoms with van der Waals surface area (Å²) < 4.78 is 29.4. The quantitative estimate of drug-likeness (QED) is 0.667. The zero-order chi connectivity index (χ0) is 18.3. The van der Waals surface area contributed by atoms with Crippen molar-refractivity contribution in [2.24, 2.45) is 7.05 Å². The summed E-state index contributed by atoms with van der Waals surface area (Å²) in [6.45, 7) is 1.08. The third-order valence-corrected chi connectivity index (χ3v) is 7.44. The number of rotatable bonds is 3. The molecule has 0 unspecified atom stereocenters. The Kier molecular flexibility index (Phi) is 4.55. The molecule has 0 N–H and O–H groups in total. The van der Waals surface area contributed by atoms with E-state index in [4.69, 9.17) is 11.6 Å². The van der Waals surface area contributed by atoms with Gasteiger partial charge in [0.2, 0.25) is 10.0 Å². The van der Waals surface area contributed by atoms with Crippen molar-refractivity contribution in [3.8, 4) is 0 Å². The summed E-state index contributed by atoms with van der Waals surface area (Å²) in [5.74, 6) is 0.387. The fourth-order valence-electron chi connectivity index (χ4n) is 3.86. The Hall–Kier alpha value is -1.82. The SMILES string of the molecule is Cn1cc(C2CCN(S(=O)(=O)c3ccc(Cl)cc3)CC2)c2ccccc21. The van der Waals surface area contributed by atoms with E-state index in [1.165, 1.54) is 16.5 Å². The van der Waals surface area contributed by atoms with Gasteiger partial charge in [0.05, 0.1) is 4.90 Å². The van der Waals surface area contributed by atoms with Gasteiger partial charge in [-0.15, -0.1) is 0 Å². The molecule has 6 heteroatoms. The van der Waals surface area contributed by atoms with Crippen LogP contribution in [0, 0.1) is 0 Å². The first kappa shape index (κ1) is 17.6. The molecule has 0 spiro atoms. The van der Waals surface area contributed by atoms with Crippen LogP contribution < -0.4 is 0 Å². The molecule has 0 saturated carbocycles. The number of aryl methyl sites for hydroxylation is 1. The van der Waals surface area contributed by atoms with E-state index in [-0.39, 0.29) is 0 Å². The van der Waals surface area contributed by atoms with Gasteiger partial charge >= 0.3 is 0 Å². The van der Waals surface area contributed by atoms with Crippen LogP contribution in [-0.2, 0) is 17.1 Å².